The lowest BCUT2D eigenvalue weighted by Crippen LogP contribution is -2.50. The average molecular weight is 476 g/mol. The molecule has 34 heavy (non-hydrogen) atoms. The summed E-state index contributed by atoms with van der Waals surface area (Å²) in [7, 11) is -0.541. The van der Waals surface area contributed by atoms with E-state index >= 15 is 0 Å². The fourth-order valence-corrected chi connectivity index (χ4v) is 3.77. The van der Waals surface area contributed by atoms with Crippen LogP contribution in [0.15, 0.2) is 12.4 Å². The molecule has 2 aliphatic rings. The molecule has 1 N–H and O–H groups in total. The zero-order valence-corrected chi connectivity index (χ0v) is 21.5. The molecule has 0 saturated carbocycles. The lowest BCUT2D eigenvalue weighted by atomic mass is 9.81. The highest BCUT2D eigenvalue weighted by Gasteiger charge is 2.52. The quantitative estimate of drug-likeness (QED) is 0.621. The van der Waals surface area contributed by atoms with E-state index in [2.05, 4.69) is 15.3 Å². The first-order valence-corrected chi connectivity index (χ1v) is 11.8. The summed E-state index contributed by atoms with van der Waals surface area (Å²) >= 11 is 0. The molecular formula is C23H37BN4O6. The summed E-state index contributed by atoms with van der Waals surface area (Å²) < 4.78 is 23.1. The zero-order chi connectivity index (χ0) is 25.3. The van der Waals surface area contributed by atoms with Crippen molar-refractivity contribution in [2.75, 3.05) is 13.2 Å². The van der Waals surface area contributed by atoms with Crippen molar-refractivity contribution in [2.24, 2.45) is 0 Å². The van der Waals surface area contributed by atoms with Gasteiger partial charge in [0.15, 0.2) is 0 Å². The van der Waals surface area contributed by atoms with E-state index in [0.717, 1.165) is 12.8 Å². The molecule has 188 valence electrons. The average Bonchev–Trinajstić information content (AvgIpc) is 3.26. The van der Waals surface area contributed by atoms with E-state index in [4.69, 9.17) is 18.8 Å². The topological polar surface area (TPSA) is 112 Å². The van der Waals surface area contributed by atoms with Crippen LogP contribution < -0.4 is 15.5 Å². The third-order valence-corrected chi connectivity index (χ3v) is 6.34. The van der Waals surface area contributed by atoms with E-state index in [0.29, 0.717) is 12.0 Å². The van der Waals surface area contributed by atoms with Gasteiger partial charge >= 0.3 is 19.2 Å². The van der Waals surface area contributed by atoms with Crippen molar-refractivity contribution in [3.8, 4) is 6.01 Å². The number of amides is 2. The zero-order valence-electron chi connectivity index (χ0n) is 21.5. The molecule has 11 heteroatoms. The highest BCUT2D eigenvalue weighted by molar-refractivity contribution is 6.61. The molecule has 0 aromatic carbocycles. The second kappa shape index (κ2) is 9.69. The molecule has 2 aliphatic heterocycles. The smallest absolute Gasteiger partial charge is 0.461 e. The van der Waals surface area contributed by atoms with Crippen LogP contribution >= 0.6 is 0 Å². The Kier molecular flexibility index (Phi) is 7.47. The van der Waals surface area contributed by atoms with Crippen molar-refractivity contribution in [3.63, 3.8) is 0 Å². The standard InChI is InChI=1S/C23H37BN4O6/c1-15(27-20(30)32-21(2,3)4)18(29)28-11-9-10-17(28)14-31-19-25-12-16(13-26-19)24-33-22(5,6)23(7,8)34-24/h12-13,15,17H,9-11,14H2,1-8H3,(H,27,30). The fraction of sp³-hybridized carbons (Fsp3) is 0.739. The highest BCUT2D eigenvalue weighted by atomic mass is 16.7. The summed E-state index contributed by atoms with van der Waals surface area (Å²) in [6.45, 7) is 15.8. The van der Waals surface area contributed by atoms with Gasteiger partial charge in [-0.3, -0.25) is 4.79 Å². The SMILES string of the molecule is CC(NC(=O)OC(C)(C)C)C(=O)N1CCCC1COc1ncc(B2OC(C)(C)C(C)(C)O2)cn1. The van der Waals surface area contributed by atoms with Gasteiger partial charge < -0.3 is 29.0 Å². The van der Waals surface area contributed by atoms with E-state index in [1.807, 2.05) is 27.7 Å². The maximum Gasteiger partial charge on any atom is 0.498 e. The first-order chi connectivity index (χ1) is 15.7. The van der Waals surface area contributed by atoms with Crippen molar-refractivity contribution in [1.82, 2.24) is 20.2 Å². The third kappa shape index (κ3) is 6.18. The number of hydrogen-bond acceptors (Lipinski definition) is 8. The number of likely N-dealkylation sites (tertiary alicyclic amines) is 1. The van der Waals surface area contributed by atoms with Crippen LogP contribution in [0.25, 0.3) is 0 Å². The monoisotopic (exact) mass is 476 g/mol. The normalized spacial score (nSPS) is 22.4. The Morgan fingerprint density at radius 3 is 2.35 bits per heavy atom. The summed E-state index contributed by atoms with van der Waals surface area (Å²) in [5.74, 6) is -0.172. The summed E-state index contributed by atoms with van der Waals surface area (Å²) in [6, 6.07) is -0.604. The van der Waals surface area contributed by atoms with Crippen molar-refractivity contribution in [1.29, 1.82) is 0 Å². The van der Waals surface area contributed by atoms with Gasteiger partial charge in [0.05, 0.1) is 17.2 Å². The molecule has 0 spiro atoms. The Morgan fingerprint density at radius 2 is 1.79 bits per heavy atom. The molecule has 2 amide bonds. The van der Waals surface area contributed by atoms with Crippen LogP contribution in [-0.4, -0.2) is 76.0 Å². The summed E-state index contributed by atoms with van der Waals surface area (Å²) in [4.78, 5) is 35.2. The minimum Gasteiger partial charge on any atom is -0.461 e. The Morgan fingerprint density at radius 1 is 1.21 bits per heavy atom. The van der Waals surface area contributed by atoms with E-state index in [9.17, 15) is 9.59 Å². The molecule has 2 fully saturated rings. The van der Waals surface area contributed by atoms with E-state index < -0.39 is 36.1 Å². The van der Waals surface area contributed by atoms with E-state index in [1.165, 1.54) is 0 Å². The second-order valence-corrected chi connectivity index (χ2v) is 10.9. The summed E-state index contributed by atoms with van der Waals surface area (Å²) in [5, 5.41) is 2.61. The number of alkyl carbamates (subject to hydrolysis) is 1. The van der Waals surface area contributed by atoms with Gasteiger partial charge in [-0.2, -0.15) is 0 Å². The minimum atomic E-state index is -0.703. The van der Waals surface area contributed by atoms with Gasteiger partial charge in [0.1, 0.15) is 18.2 Å². The largest absolute Gasteiger partial charge is 0.498 e. The number of carbonyl (C=O) groups is 2. The van der Waals surface area contributed by atoms with Gasteiger partial charge in [-0.1, -0.05) is 0 Å². The van der Waals surface area contributed by atoms with Crippen LogP contribution in [0.5, 0.6) is 6.01 Å². The molecule has 0 aliphatic carbocycles. The van der Waals surface area contributed by atoms with E-state index in [-0.39, 0.29) is 24.6 Å². The van der Waals surface area contributed by atoms with Crippen LogP contribution in [-0.2, 0) is 18.8 Å². The molecule has 2 saturated heterocycles. The van der Waals surface area contributed by atoms with E-state index in [1.54, 1.807) is 45.0 Å². The number of hydrogen-bond donors (Lipinski definition) is 1. The van der Waals surface area contributed by atoms with Gasteiger partial charge in [-0.15, -0.1) is 0 Å². The molecular weight excluding hydrogens is 439 g/mol. The maximum absolute atomic E-state index is 12.9. The number of rotatable bonds is 6. The summed E-state index contributed by atoms with van der Waals surface area (Å²) in [6.07, 6.45) is 4.32. The first-order valence-electron chi connectivity index (χ1n) is 11.8. The molecule has 0 radical (unpaired) electrons. The molecule has 0 bridgehead atoms. The van der Waals surface area contributed by atoms with Crippen LogP contribution in [0.2, 0.25) is 0 Å². The van der Waals surface area contributed by atoms with Crippen molar-refractivity contribution in [2.45, 2.75) is 97.1 Å². The Bertz CT molecular complexity index is 870. The third-order valence-electron chi connectivity index (χ3n) is 6.34. The number of ether oxygens (including phenoxy) is 2. The van der Waals surface area contributed by atoms with Crippen molar-refractivity contribution < 1.29 is 28.4 Å². The molecule has 1 aromatic heterocycles. The summed E-state index contributed by atoms with van der Waals surface area (Å²) in [5.41, 5.74) is -0.804. The van der Waals surface area contributed by atoms with Crippen molar-refractivity contribution >= 4 is 24.6 Å². The van der Waals surface area contributed by atoms with Crippen molar-refractivity contribution in [3.05, 3.63) is 12.4 Å². The molecule has 3 heterocycles. The minimum absolute atomic E-state index is 0.123. The Labute approximate surface area is 202 Å². The molecule has 10 nitrogen and oxygen atoms in total. The Hall–Kier alpha value is -2.40. The number of carbonyl (C=O) groups excluding carboxylic acids is 2. The van der Waals surface area contributed by atoms with Crippen LogP contribution in [0.3, 0.4) is 0 Å². The van der Waals surface area contributed by atoms with Crippen LogP contribution in [0.4, 0.5) is 4.79 Å². The highest BCUT2D eigenvalue weighted by Crippen LogP contribution is 2.36. The van der Waals surface area contributed by atoms with Crippen LogP contribution in [0, 0.1) is 0 Å². The predicted octanol–water partition coefficient (Wildman–Crippen LogP) is 2.06. The number of nitrogens with one attached hydrogen (secondary N) is 1. The lowest BCUT2D eigenvalue weighted by Gasteiger charge is -2.32. The molecule has 1 aromatic rings. The Balaban J connectivity index is 1.53. The van der Waals surface area contributed by atoms with Gasteiger partial charge in [-0.25, -0.2) is 14.8 Å². The first kappa shape index (κ1) is 26.2. The van der Waals surface area contributed by atoms with Gasteiger partial charge in [0.2, 0.25) is 5.91 Å². The molecule has 2 atom stereocenters. The lowest BCUT2D eigenvalue weighted by molar-refractivity contribution is -0.134. The number of aromatic nitrogens is 2. The maximum atomic E-state index is 12.9. The molecule has 2 unspecified atom stereocenters. The fourth-order valence-electron chi connectivity index (χ4n) is 3.77. The molecule has 3 rings (SSSR count). The second-order valence-electron chi connectivity index (χ2n) is 10.9. The predicted molar refractivity (Wildman–Crippen MR) is 127 cm³/mol. The van der Waals surface area contributed by atoms with Gasteiger partial charge in [0, 0.05) is 24.4 Å². The van der Waals surface area contributed by atoms with Crippen LogP contribution in [0.1, 0.15) is 68.2 Å². The van der Waals surface area contributed by atoms with Gasteiger partial charge in [-0.05, 0) is 68.2 Å². The number of nitrogens with zero attached hydrogens (tertiary/aromatic N) is 3. The van der Waals surface area contributed by atoms with Gasteiger partial charge in [0.25, 0.3) is 0 Å².